The maximum Gasteiger partial charge on any atom is 0.415 e. The minimum absolute atomic E-state index is 0.260. The van der Waals surface area contributed by atoms with Gasteiger partial charge in [0.1, 0.15) is 17.9 Å². The molecule has 34 heavy (non-hydrogen) atoms. The molecule has 0 N–H and O–H groups in total. The fourth-order valence-electron chi connectivity index (χ4n) is 4.65. The molecule has 7 heteroatoms. The minimum atomic E-state index is -0.274. The highest BCUT2D eigenvalue weighted by Crippen LogP contribution is 2.33. The van der Waals surface area contributed by atoms with Crippen LogP contribution >= 0.6 is 11.3 Å². The largest absolute Gasteiger partial charge is 0.415 e. The van der Waals surface area contributed by atoms with E-state index in [1.54, 1.807) is 6.33 Å². The highest BCUT2D eigenvalue weighted by Gasteiger charge is 2.34. The zero-order valence-corrected chi connectivity index (χ0v) is 19.7. The first-order valence-corrected chi connectivity index (χ1v) is 12.8. The van der Waals surface area contributed by atoms with Gasteiger partial charge in [-0.1, -0.05) is 24.3 Å². The molecule has 3 heterocycles. The van der Waals surface area contributed by atoms with Crippen LogP contribution in [0.25, 0.3) is 22.0 Å². The van der Waals surface area contributed by atoms with Crippen molar-refractivity contribution in [2.45, 2.75) is 38.3 Å². The van der Waals surface area contributed by atoms with Crippen molar-refractivity contribution in [2.75, 3.05) is 18.0 Å². The molecule has 1 aliphatic heterocycles. The van der Waals surface area contributed by atoms with Crippen LogP contribution in [0.15, 0.2) is 65.6 Å². The molecule has 2 aromatic carbocycles. The fourth-order valence-corrected chi connectivity index (χ4v) is 5.20. The van der Waals surface area contributed by atoms with Gasteiger partial charge in [0.2, 0.25) is 0 Å². The number of benzene rings is 2. The number of nitrogens with zero attached hydrogens (tertiary/aromatic N) is 4. The summed E-state index contributed by atoms with van der Waals surface area (Å²) in [5, 5.41) is 4.85. The number of amides is 1. The quantitative estimate of drug-likeness (QED) is 0.340. The maximum atomic E-state index is 12.9. The molecule has 1 aliphatic carbocycles. The number of fused-ring (bicyclic) bond motifs is 1. The molecule has 0 unspecified atom stereocenters. The second kappa shape index (κ2) is 9.06. The van der Waals surface area contributed by atoms with Crippen LogP contribution in [-0.2, 0) is 6.54 Å². The molecule has 2 fully saturated rings. The van der Waals surface area contributed by atoms with Crippen molar-refractivity contribution in [1.82, 2.24) is 14.9 Å². The molecule has 6 nitrogen and oxygen atoms in total. The summed E-state index contributed by atoms with van der Waals surface area (Å²) in [5.74, 6) is 1.64. The first kappa shape index (κ1) is 21.1. The van der Waals surface area contributed by atoms with Gasteiger partial charge in [0, 0.05) is 36.4 Å². The van der Waals surface area contributed by atoms with Crippen LogP contribution in [0.4, 0.5) is 10.6 Å². The average molecular weight is 471 g/mol. The van der Waals surface area contributed by atoms with Gasteiger partial charge < -0.3 is 14.5 Å². The molecule has 1 amide bonds. The van der Waals surface area contributed by atoms with E-state index in [0.29, 0.717) is 12.3 Å². The number of carbonyl (C=O) groups is 1. The third-order valence-corrected chi connectivity index (χ3v) is 7.22. The summed E-state index contributed by atoms with van der Waals surface area (Å²) < 4.78 is 5.59. The summed E-state index contributed by atoms with van der Waals surface area (Å²) in [4.78, 5) is 26.2. The third kappa shape index (κ3) is 4.35. The van der Waals surface area contributed by atoms with E-state index >= 15 is 0 Å². The smallest absolute Gasteiger partial charge is 0.409 e. The van der Waals surface area contributed by atoms with Crippen LogP contribution in [0, 0.1) is 0 Å². The van der Waals surface area contributed by atoms with E-state index in [2.05, 4.69) is 57.3 Å². The first-order valence-electron chi connectivity index (χ1n) is 11.8. The summed E-state index contributed by atoms with van der Waals surface area (Å²) >= 11 is 1.52. The predicted molar refractivity (Wildman–Crippen MR) is 135 cm³/mol. The van der Waals surface area contributed by atoms with Gasteiger partial charge in [-0.15, -0.1) is 11.3 Å². The Bertz CT molecular complexity index is 1310. The van der Waals surface area contributed by atoms with Crippen LogP contribution in [0.2, 0.25) is 0 Å². The summed E-state index contributed by atoms with van der Waals surface area (Å²) in [6.45, 7) is 2.63. The Morgan fingerprint density at radius 2 is 1.91 bits per heavy atom. The van der Waals surface area contributed by atoms with Crippen LogP contribution in [-0.4, -0.2) is 40.1 Å². The van der Waals surface area contributed by atoms with E-state index in [4.69, 9.17) is 4.74 Å². The molecule has 0 atom stereocenters. The number of anilines is 1. The standard InChI is InChI=1S/C27H26N4O2S/c32-27(33-23-10-13-34-17-23)31(22-7-8-22)16-19-4-3-5-20(14-19)21-6-9-25-24(15-21)26(29-18-28-25)30-11-1-2-12-30/h3-6,9-10,13-15,17-18,22H,1-2,7-8,11-12,16H2. The maximum absolute atomic E-state index is 12.9. The van der Waals surface area contributed by atoms with Crippen molar-refractivity contribution >= 4 is 34.2 Å². The highest BCUT2D eigenvalue weighted by molar-refractivity contribution is 7.08. The number of aromatic nitrogens is 2. The Hall–Kier alpha value is -3.45. The zero-order valence-electron chi connectivity index (χ0n) is 18.9. The number of hydrogen-bond acceptors (Lipinski definition) is 6. The summed E-state index contributed by atoms with van der Waals surface area (Å²) in [7, 11) is 0. The normalized spacial score (nSPS) is 15.6. The van der Waals surface area contributed by atoms with Gasteiger partial charge in [0.15, 0.2) is 0 Å². The molecule has 1 saturated carbocycles. The van der Waals surface area contributed by atoms with E-state index < -0.39 is 0 Å². The second-order valence-corrected chi connectivity index (χ2v) is 9.79. The van der Waals surface area contributed by atoms with Crippen molar-refractivity contribution in [3.05, 3.63) is 71.2 Å². The molecule has 4 aromatic rings. The highest BCUT2D eigenvalue weighted by atomic mass is 32.1. The first-order chi connectivity index (χ1) is 16.7. The van der Waals surface area contributed by atoms with E-state index in [1.165, 1.54) is 24.2 Å². The summed E-state index contributed by atoms with van der Waals surface area (Å²) in [5.41, 5.74) is 4.31. The van der Waals surface area contributed by atoms with Gasteiger partial charge >= 0.3 is 6.09 Å². The van der Waals surface area contributed by atoms with Crippen LogP contribution in [0.1, 0.15) is 31.2 Å². The van der Waals surface area contributed by atoms with Gasteiger partial charge in [0.25, 0.3) is 0 Å². The lowest BCUT2D eigenvalue weighted by molar-refractivity contribution is 0.146. The molecule has 0 bridgehead atoms. The van der Waals surface area contributed by atoms with Crippen molar-refractivity contribution in [1.29, 1.82) is 0 Å². The number of hydrogen-bond donors (Lipinski definition) is 0. The Morgan fingerprint density at radius 1 is 1.06 bits per heavy atom. The molecule has 0 radical (unpaired) electrons. The fraction of sp³-hybridized carbons (Fsp3) is 0.296. The van der Waals surface area contributed by atoms with Gasteiger partial charge in [-0.05, 0) is 72.0 Å². The molecular formula is C27H26N4O2S. The lowest BCUT2D eigenvalue weighted by Crippen LogP contribution is -2.34. The van der Waals surface area contributed by atoms with Crippen molar-refractivity contribution < 1.29 is 9.53 Å². The lowest BCUT2D eigenvalue weighted by Gasteiger charge is -2.22. The third-order valence-electron chi connectivity index (χ3n) is 6.56. The molecule has 172 valence electrons. The van der Waals surface area contributed by atoms with E-state index in [0.717, 1.165) is 59.3 Å². The topological polar surface area (TPSA) is 58.6 Å². The number of thiophene rings is 1. The van der Waals surface area contributed by atoms with Crippen LogP contribution < -0.4 is 9.64 Å². The summed E-state index contributed by atoms with van der Waals surface area (Å²) in [6, 6.07) is 16.9. The Labute approximate surface area is 202 Å². The summed E-state index contributed by atoms with van der Waals surface area (Å²) in [6.07, 6.45) is 5.87. The van der Waals surface area contributed by atoms with Crippen molar-refractivity contribution in [3.8, 4) is 16.9 Å². The Kier molecular flexibility index (Phi) is 5.63. The second-order valence-electron chi connectivity index (χ2n) is 9.01. The van der Waals surface area contributed by atoms with Crippen molar-refractivity contribution in [2.24, 2.45) is 0 Å². The number of ether oxygens (including phenoxy) is 1. The van der Waals surface area contributed by atoms with E-state index in [-0.39, 0.29) is 12.1 Å². The molecule has 6 rings (SSSR count). The molecule has 1 saturated heterocycles. The number of rotatable bonds is 6. The van der Waals surface area contributed by atoms with Crippen molar-refractivity contribution in [3.63, 3.8) is 0 Å². The van der Waals surface area contributed by atoms with E-state index in [9.17, 15) is 4.79 Å². The Balaban J connectivity index is 1.27. The van der Waals surface area contributed by atoms with E-state index in [1.807, 2.05) is 21.7 Å². The zero-order chi connectivity index (χ0) is 22.9. The minimum Gasteiger partial charge on any atom is -0.409 e. The molecular weight excluding hydrogens is 444 g/mol. The van der Waals surface area contributed by atoms with Gasteiger partial charge in [-0.2, -0.15) is 0 Å². The van der Waals surface area contributed by atoms with Gasteiger partial charge in [-0.3, -0.25) is 0 Å². The van der Waals surface area contributed by atoms with Gasteiger partial charge in [-0.25, -0.2) is 14.8 Å². The molecule has 0 spiro atoms. The molecule has 2 aliphatic rings. The molecule has 2 aromatic heterocycles. The lowest BCUT2D eigenvalue weighted by atomic mass is 10.0. The monoisotopic (exact) mass is 470 g/mol. The van der Waals surface area contributed by atoms with Crippen LogP contribution in [0.5, 0.6) is 5.75 Å². The SMILES string of the molecule is O=C(Oc1ccsc1)N(Cc1cccc(-c2ccc3ncnc(N4CCCC4)c3c2)c1)C1CC1. The van der Waals surface area contributed by atoms with Gasteiger partial charge in [0.05, 0.1) is 5.52 Å². The predicted octanol–water partition coefficient (Wildman–Crippen LogP) is 6.12. The Morgan fingerprint density at radius 3 is 2.71 bits per heavy atom. The number of carbonyl (C=O) groups excluding carboxylic acids is 1. The van der Waals surface area contributed by atoms with Crippen LogP contribution in [0.3, 0.4) is 0 Å². The average Bonchev–Trinajstić information content (AvgIpc) is 3.31.